The van der Waals surface area contributed by atoms with Crippen LogP contribution in [0.3, 0.4) is 0 Å². The number of nitrogens with one attached hydrogen (secondary N) is 5. The van der Waals surface area contributed by atoms with Gasteiger partial charge in [0.15, 0.2) is 11.9 Å². The van der Waals surface area contributed by atoms with Gasteiger partial charge in [0.2, 0.25) is 23.6 Å². The fourth-order valence-electron chi connectivity index (χ4n) is 4.36. The van der Waals surface area contributed by atoms with E-state index in [0.717, 1.165) is 11.1 Å². The van der Waals surface area contributed by atoms with E-state index in [1.54, 1.807) is 36.4 Å². The van der Waals surface area contributed by atoms with Gasteiger partial charge in [-0.3, -0.25) is 34.6 Å². The zero-order valence-corrected chi connectivity index (χ0v) is 26.5. The van der Waals surface area contributed by atoms with Crippen molar-refractivity contribution in [1.29, 1.82) is 5.41 Å². The van der Waals surface area contributed by atoms with Crippen molar-refractivity contribution in [3.8, 4) is 0 Å². The lowest BCUT2D eigenvalue weighted by Crippen LogP contribution is -2.55. The Morgan fingerprint density at radius 3 is 1.79 bits per heavy atom. The Labute approximate surface area is 273 Å². The highest BCUT2D eigenvalue weighted by Crippen LogP contribution is 2.07. The SMILES string of the molecule is CC(NC(=O)[C@H](CCCN=C(N)N)NC(=O)Cc1ccccc1)C(=O)N[C@@H](CCCN=C(N)N)C(=O)NCc1ccc(C(=N)N)cc1. The van der Waals surface area contributed by atoms with Crippen molar-refractivity contribution in [2.24, 2.45) is 38.7 Å². The van der Waals surface area contributed by atoms with Gasteiger partial charge in [-0.15, -0.1) is 0 Å². The molecule has 0 aliphatic heterocycles. The fraction of sp³-hybridized carbons (Fsp3) is 0.387. The maximum absolute atomic E-state index is 13.3. The van der Waals surface area contributed by atoms with E-state index in [9.17, 15) is 19.2 Å². The Bertz CT molecular complexity index is 1410. The monoisotopic (exact) mass is 650 g/mol. The standard InChI is InChI=1S/C31H46N12O4/c1-19(41-29(47)24(10-6-16-39-31(36)37)42-25(44)17-20-7-3-2-4-8-20)27(45)43-23(9-5-15-38-30(34)35)28(46)40-18-21-11-13-22(14-12-21)26(32)33/h2-4,7-8,11-14,19,23-24H,5-6,9-10,15-18H2,1H3,(H3,32,33)(H,40,46)(H,41,47)(H,42,44)(H,43,45)(H4,34,35,38)(H4,36,37,39)/t19?,23-,24-/m0/s1. The van der Waals surface area contributed by atoms with E-state index in [1.165, 1.54) is 6.92 Å². The molecule has 0 saturated heterocycles. The molecule has 3 atom stereocenters. The third-order valence-electron chi connectivity index (χ3n) is 6.87. The highest BCUT2D eigenvalue weighted by molar-refractivity contribution is 5.95. The van der Waals surface area contributed by atoms with Crippen LogP contribution in [-0.4, -0.2) is 72.6 Å². The minimum Gasteiger partial charge on any atom is -0.384 e. The van der Waals surface area contributed by atoms with E-state index in [-0.39, 0.29) is 62.6 Å². The minimum atomic E-state index is -1.05. The van der Waals surface area contributed by atoms with E-state index in [0.29, 0.717) is 18.4 Å². The first-order valence-electron chi connectivity index (χ1n) is 15.1. The number of carbonyl (C=O) groups excluding carboxylic acids is 4. The average molecular weight is 651 g/mol. The predicted octanol–water partition coefficient (Wildman–Crippen LogP) is -1.59. The Morgan fingerprint density at radius 1 is 0.702 bits per heavy atom. The summed E-state index contributed by atoms with van der Waals surface area (Å²) in [4.78, 5) is 60.2. The van der Waals surface area contributed by atoms with Crippen LogP contribution < -0.4 is 49.9 Å². The summed E-state index contributed by atoms with van der Waals surface area (Å²) in [6.45, 7) is 2.12. The van der Waals surface area contributed by atoms with E-state index in [1.807, 2.05) is 18.2 Å². The van der Waals surface area contributed by atoms with Crippen LogP contribution >= 0.6 is 0 Å². The first-order valence-corrected chi connectivity index (χ1v) is 15.1. The molecule has 2 aromatic rings. The molecule has 0 saturated carbocycles. The second-order valence-corrected chi connectivity index (χ2v) is 10.8. The van der Waals surface area contributed by atoms with Crippen molar-refractivity contribution in [2.45, 2.75) is 63.7 Å². The van der Waals surface area contributed by atoms with Gasteiger partial charge in [0, 0.05) is 25.2 Å². The summed E-state index contributed by atoms with van der Waals surface area (Å²) in [7, 11) is 0. The molecule has 2 aromatic carbocycles. The summed E-state index contributed by atoms with van der Waals surface area (Å²) in [5, 5.41) is 18.4. The van der Waals surface area contributed by atoms with Gasteiger partial charge in [-0.2, -0.15) is 0 Å². The van der Waals surface area contributed by atoms with E-state index >= 15 is 0 Å². The molecule has 2 rings (SSSR count). The third kappa shape index (κ3) is 14.8. The van der Waals surface area contributed by atoms with Crippen molar-refractivity contribution in [3.63, 3.8) is 0 Å². The van der Waals surface area contributed by atoms with Crippen LogP contribution in [0, 0.1) is 5.41 Å². The van der Waals surface area contributed by atoms with Crippen LogP contribution in [0.1, 0.15) is 49.3 Å². The number of nitrogens with two attached hydrogens (primary N) is 5. The van der Waals surface area contributed by atoms with Gasteiger partial charge >= 0.3 is 0 Å². The number of amides is 4. The predicted molar refractivity (Wildman–Crippen MR) is 181 cm³/mol. The Morgan fingerprint density at radius 2 is 1.26 bits per heavy atom. The third-order valence-corrected chi connectivity index (χ3v) is 6.87. The number of hydrogen-bond donors (Lipinski definition) is 10. The van der Waals surface area contributed by atoms with Gasteiger partial charge in [-0.1, -0.05) is 54.6 Å². The second kappa shape index (κ2) is 19.7. The molecular formula is C31H46N12O4. The van der Waals surface area contributed by atoms with Crippen LogP contribution in [0.2, 0.25) is 0 Å². The molecule has 0 aliphatic rings. The number of hydrogen-bond acceptors (Lipinski definition) is 7. The first kappa shape index (κ1) is 37.5. The molecule has 0 bridgehead atoms. The van der Waals surface area contributed by atoms with E-state index < -0.39 is 35.8 Å². The molecule has 0 heterocycles. The Kier molecular flexibility index (Phi) is 15.7. The van der Waals surface area contributed by atoms with Gasteiger partial charge < -0.3 is 49.9 Å². The lowest BCUT2D eigenvalue weighted by atomic mass is 10.1. The molecule has 16 heteroatoms. The topological polar surface area (TPSA) is 295 Å². The molecule has 0 spiro atoms. The Balaban J connectivity index is 2.07. The molecule has 0 radical (unpaired) electrons. The molecule has 0 fully saturated rings. The maximum Gasteiger partial charge on any atom is 0.243 e. The van der Waals surface area contributed by atoms with Crippen molar-refractivity contribution in [3.05, 3.63) is 71.3 Å². The van der Waals surface area contributed by atoms with Crippen molar-refractivity contribution in [1.82, 2.24) is 21.3 Å². The quantitative estimate of drug-likeness (QED) is 0.0475. The highest BCUT2D eigenvalue weighted by Gasteiger charge is 2.27. The zero-order chi connectivity index (χ0) is 34.8. The smallest absolute Gasteiger partial charge is 0.243 e. The maximum atomic E-state index is 13.3. The molecule has 1 unspecified atom stereocenters. The van der Waals surface area contributed by atoms with Crippen LogP contribution in [0.5, 0.6) is 0 Å². The molecule has 4 amide bonds. The van der Waals surface area contributed by atoms with Gasteiger partial charge in [0.25, 0.3) is 0 Å². The molecule has 0 aromatic heterocycles. The molecule has 47 heavy (non-hydrogen) atoms. The summed E-state index contributed by atoms with van der Waals surface area (Å²) >= 11 is 0. The molecule has 15 N–H and O–H groups in total. The number of aliphatic imine (C=N–C) groups is 2. The normalized spacial score (nSPS) is 12.4. The van der Waals surface area contributed by atoms with Crippen LogP contribution in [0.4, 0.5) is 0 Å². The van der Waals surface area contributed by atoms with Gasteiger partial charge in [-0.05, 0) is 43.7 Å². The van der Waals surface area contributed by atoms with Crippen LogP contribution in [-0.2, 0) is 32.1 Å². The largest absolute Gasteiger partial charge is 0.384 e. The van der Waals surface area contributed by atoms with Crippen molar-refractivity contribution < 1.29 is 19.2 Å². The number of carbonyl (C=O) groups is 4. The number of benzene rings is 2. The summed E-state index contributed by atoms with van der Waals surface area (Å²) in [6.07, 6.45) is 1.25. The summed E-state index contributed by atoms with van der Waals surface area (Å²) in [5.41, 5.74) is 29.1. The summed E-state index contributed by atoms with van der Waals surface area (Å²) in [5.74, 6) is -2.28. The lowest BCUT2D eigenvalue weighted by molar-refractivity contribution is -0.133. The number of guanidine groups is 2. The van der Waals surface area contributed by atoms with Gasteiger partial charge in [0.1, 0.15) is 24.0 Å². The minimum absolute atomic E-state index is 0.0616. The number of amidine groups is 1. The first-order chi connectivity index (χ1) is 22.3. The van der Waals surface area contributed by atoms with Crippen LogP contribution in [0.15, 0.2) is 64.6 Å². The molecule has 0 aliphatic carbocycles. The number of nitrogen functional groups attached to an aromatic ring is 1. The van der Waals surface area contributed by atoms with Crippen LogP contribution in [0.25, 0.3) is 0 Å². The average Bonchev–Trinajstić information content (AvgIpc) is 3.02. The number of rotatable bonds is 19. The molecule has 254 valence electrons. The van der Waals surface area contributed by atoms with E-state index in [4.69, 9.17) is 34.1 Å². The highest BCUT2D eigenvalue weighted by atomic mass is 16.2. The Hall–Kier alpha value is -5.67. The van der Waals surface area contributed by atoms with Crippen molar-refractivity contribution in [2.75, 3.05) is 13.1 Å². The zero-order valence-electron chi connectivity index (χ0n) is 26.5. The lowest BCUT2D eigenvalue weighted by Gasteiger charge is -2.23. The van der Waals surface area contributed by atoms with Crippen molar-refractivity contribution >= 4 is 41.4 Å². The number of nitrogens with zero attached hydrogens (tertiary/aromatic N) is 2. The van der Waals surface area contributed by atoms with Gasteiger partial charge in [0.05, 0.1) is 6.42 Å². The summed E-state index contributed by atoms with van der Waals surface area (Å²) in [6, 6.07) is 12.9. The molecular weight excluding hydrogens is 604 g/mol. The summed E-state index contributed by atoms with van der Waals surface area (Å²) < 4.78 is 0. The van der Waals surface area contributed by atoms with Gasteiger partial charge in [-0.25, -0.2) is 0 Å². The van der Waals surface area contributed by atoms with E-state index in [2.05, 4.69) is 31.3 Å². The molecule has 16 nitrogen and oxygen atoms in total. The second-order valence-electron chi connectivity index (χ2n) is 10.8. The fourth-order valence-corrected chi connectivity index (χ4v) is 4.36.